The monoisotopic (exact) mass is 140 g/mol. The van der Waals surface area contributed by atoms with Crippen LogP contribution in [-0.4, -0.2) is 35.8 Å². The summed E-state index contributed by atoms with van der Waals surface area (Å²) in [7, 11) is 0. The number of amides is 2. The van der Waals surface area contributed by atoms with E-state index >= 15 is 0 Å². The summed E-state index contributed by atoms with van der Waals surface area (Å²) in [4.78, 5) is 23.2. The number of carbonyl (C=O) groups excluding carboxylic acids is 2. The molecule has 2 amide bonds. The maximum absolute atomic E-state index is 10.9. The lowest BCUT2D eigenvalue weighted by atomic mass is 10.2. The van der Waals surface area contributed by atoms with Crippen molar-refractivity contribution >= 4 is 11.8 Å². The molecular formula is C6H8N2O2. The van der Waals surface area contributed by atoms with Crippen LogP contribution in [0.2, 0.25) is 0 Å². The van der Waals surface area contributed by atoms with Crippen molar-refractivity contribution in [2.45, 2.75) is 12.5 Å². The average Bonchev–Trinajstić information content (AvgIpc) is 2.35. The van der Waals surface area contributed by atoms with Crippen molar-refractivity contribution < 1.29 is 9.59 Å². The zero-order chi connectivity index (χ0) is 7.14. The molecule has 1 N–H and O–H groups in total. The number of nitrogens with zero attached hydrogens (tertiary/aromatic N) is 1. The predicted molar refractivity (Wildman–Crippen MR) is 33.5 cm³/mol. The quantitative estimate of drug-likeness (QED) is 0.486. The summed E-state index contributed by atoms with van der Waals surface area (Å²) < 4.78 is 0. The summed E-state index contributed by atoms with van der Waals surface area (Å²) >= 11 is 0. The number of Topliss-reactive ketones (excluding diaryl/α,β-unsaturated/α-hetero) is 1. The normalized spacial score (nSPS) is 30.8. The molecule has 2 aliphatic rings. The van der Waals surface area contributed by atoms with Gasteiger partial charge in [0.1, 0.15) is 0 Å². The van der Waals surface area contributed by atoms with Crippen molar-refractivity contribution in [3.05, 3.63) is 0 Å². The molecule has 1 unspecified atom stereocenters. The highest BCUT2D eigenvalue weighted by Gasteiger charge is 2.38. The Hall–Kier alpha value is -1.06. The molecule has 54 valence electrons. The fourth-order valence-electron chi connectivity index (χ4n) is 1.48. The van der Waals surface area contributed by atoms with Crippen LogP contribution in [0.5, 0.6) is 0 Å². The second-order valence-corrected chi connectivity index (χ2v) is 2.71. The molecule has 2 rings (SSSR count). The van der Waals surface area contributed by atoms with Crippen LogP contribution >= 0.6 is 0 Å². The van der Waals surface area contributed by atoms with Crippen molar-refractivity contribution in [3.63, 3.8) is 0 Å². The van der Waals surface area contributed by atoms with Crippen LogP contribution in [0.3, 0.4) is 0 Å². The number of ketones is 1. The molecular weight excluding hydrogens is 132 g/mol. The van der Waals surface area contributed by atoms with Gasteiger partial charge in [-0.05, 0) is 0 Å². The van der Waals surface area contributed by atoms with E-state index in [-0.39, 0.29) is 17.9 Å². The Morgan fingerprint density at radius 3 is 3.00 bits per heavy atom. The van der Waals surface area contributed by atoms with Gasteiger partial charge in [-0.2, -0.15) is 0 Å². The second kappa shape index (κ2) is 1.71. The summed E-state index contributed by atoms with van der Waals surface area (Å²) in [5.74, 6) is 0.180. The van der Waals surface area contributed by atoms with E-state index in [9.17, 15) is 9.59 Å². The lowest BCUT2D eigenvalue weighted by Gasteiger charge is -2.09. The van der Waals surface area contributed by atoms with E-state index in [0.29, 0.717) is 19.5 Å². The Labute approximate surface area is 58.2 Å². The van der Waals surface area contributed by atoms with Gasteiger partial charge < -0.3 is 10.2 Å². The zero-order valence-corrected chi connectivity index (χ0v) is 5.46. The molecule has 0 radical (unpaired) electrons. The molecule has 2 saturated heterocycles. The lowest BCUT2D eigenvalue weighted by Crippen LogP contribution is -2.29. The lowest BCUT2D eigenvalue weighted by molar-refractivity contribution is -0.116. The van der Waals surface area contributed by atoms with E-state index in [1.165, 1.54) is 0 Å². The zero-order valence-electron chi connectivity index (χ0n) is 5.46. The molecule has 0 aromatic heterocycles. The van der Waals surface area contributed by atoms with Crippen LogP contribution < -0.4 is 5.32 Å². The molecule has 2 heterocycles. The standard InChI is InChI=1S/C6H8N2O2/c9-5-1-4-2-7-6(10)8(4)3-5/h4H,1-3H2,(H,7,10). The van der Waals surface area contributed by atoms with Gasteiger partial charge in [-0.15, -0.1) is 0 Å². The second-order valence-electron chi connectivity index (χ2n) is 2.71. The predicted octanol–water partition coefficient (Wildman–Crippen LogP) is -0.647. The molecule has 0 bridgehead atoms. The van der Waals surface area contributed by atoms with Crippen LogP contribution in [0.4, 0.5) is 4.79 Å². The fraction of sp³-hybridized carbons (Fsp3) is 0.667. The summed E-state index contributed by atoms with van der Waals surface area (Å²) in [5, 5.41) is 2.68. The number of urea groups is 1. The summed E-state index contributed by atoms with van der Waals surface area (Å²) in [6.07, 6.45) is 0.540. The molecule has 2 fully saturated rings. The van der Waals surface area contributed by atoms with E-state index in [2.05, 4.69) is 5.32 Å². The summed E-state index contributed by atoms with van der Waals surface area (Å²) in [6.45, 7) is 0.959. The number of rotatable bonds is 0. The van der Waals surface area contributed by atoms with Crippen molar-refractivity contribution in [2.24, 2.45) is 0 Å². The minimum Gasteiger partial charge on any atom is -0.336 e. The molecule has 0 spiro atoms. The third-order valence-corrected chi connectivity index (χ3v) is 2.00. The Bertz CT molecular complexity index is 202. The van der Waals surface area contributed by atoms with E-state index < -0.39 is 0 Å². The van der Waals surface area contributed by atoms with E-state index in [4.69, 9.17) is 0 Å². The highest BCUT2D eigenvalue weighted by atomic mass is 16.2. The third-order valence-electron chi connectivity index (χ3n) is 2.00. The van der Waals surface area contributed by atoms with Crippen molar-refractivity contribution in [1.82, 2.24) is 10.2 Å². The SMILES string of the molecule is O=C1CC2CNC(=O)N2C1. The summed E-state index contributed by atoms with van der Waals surface area (Å²) in [6, 6.07) is 0.0656. The van der Waals surface area contributed by atoms with Crippen LogP contribution in [0.15, 0.2) is 0 Å². The minimum atomic E-state index is -0.0872. The van der Waals surface area contributed by atoms with Crippen LogP contribution in [0, 0.1) is 0 Å². The van der Waals surface area contributed by atoms with Gasteiger partial charge in [0.2, 0.25) is 0 Å². The molecule has 10 heavy (non-hydrogen) atoms. The van der Waals surface area contributed by atoms with Gasteiger partial charge in [0.25, 0.3) is 0 Å². The Morgan fingerprint density at radius 1 is 1.50 bits per heavy atom. The first kappa shape index (κ1) is 5.70. The molecule has 4 nitrogen and oxygen atoms in total. The number of hydrogen-bond acceptors (Lipinski definition) is 2. The highest BCUT2D eigenvalue weighted by Crippen LogP contribution is 2.17. The molecule has 4 heteroatoms. The van der Waals surface area contributed by atoms with Gasteiger partial charge in [0.05, 0.1) is 12.6 Å². The first-order chi connectivity index (χ1) is 4.77. The Balaban J connectivity index is 2.19. The molecule has 0 aromatic rings. The molecule has 0 aliphatic carbocycles. The van der Waals surface area contributed by atoms with Crippen LogP contribution in [-0.2, 0) is 4.79 Å². The maximum Gasteiger partial charge on any atom is 0.318 e. The maximum atomic E-state index is 10.9. The largest absolute Gasteiger partial charge is 0.336 e. The molecule has 2 aliphatic heterocycles. The molecule has 0 saturated carbocycles. The smallest absolute Gasteiger partial charge is 0.318 e. The van der Waals surface area contributed by atoms with Crippen molar-refractivity contribution in [2.75, 3.05) is 13.1 Å². The first-order valence-electron chi connectivity index (χ1n) is 3.33. The Kier molecular flexibility index (Phi) is 0.977. The van der Waals surface area contributed by atoms with Gasteiger partial charge in [0, 0.05) is 13.0 Å². The number of hydrogen-bond donors (Lipinski definition) is 1. The van der Waals surface area contributed by atoms with Gasteiger partial charge in [-0.25, -0.2) is 4.79 Å². The van der Waals surface area contributed by atoms with Gasteiger partial charge in [-0.3, -0.25) is 4.79 Å². The van der Waals surface area contributed by atoms with Gasteiger partial charge in [0.15, 0.2) is 5.78 Å². The molecule has 1 atom stereocenters. The highest BCUT2D eigenvalue weighted by molar-refractivity contribution is 5.91. The fourth-order valence-corrected chi connectivity index (χ4v) is 1.48. The van der Waals surface area contributed by atoms with Crippen LogP contribution in [0.1, 0.15) is 6.42 Å². The summed E-state index contributed by atoms with van der Waals surface area (Å²) in [5.41, 5.74) is 0. The van der Waals surface area contributed by atoms with Gasteiger partial charge >= 0.3 is 6.03 Å². The first-order valence-corrected chi connectivity index (χ1v) is 3.33. The van der Waals surface area contributed by atoms with Crippen molar-refractivity contribution in [1.29, 1.82) is 0 Å². The molecule has 0 aromatic carbocycles. The van der Waals surface area contributed by atoms with E-state index in [1.54, 1.807) is 4.90 Å². The topological polar surface area (TPSA) is 49.4 Å². The van der Waals surface area contributed by atoms with Crippen molar-refractivity contribution in [3.8, 4) is 0 Å². The average molecular weight is 140 g/mol. The number of fused-ring (bicyclic) bond motifs is 1. The number of carbonyl (C=O) groups is 2. The number of nitrogens with one attached hydrogen (secondary N) is 1. The van der Waals surface area contributed by atoms with E-state index in [1.807, 2.05) is 0 Å². The van der Waals surface area contributed by atoms with Gasteiger partial charge in [-0.1, -0.05) is 0 Å². The minimum absolute atomic E-state index is 0.0872. The Morgan fingerprint density at radius 2 is 2.30 bits per heavy atom. The van der Waals surface area contributed by atoms with E-state index in [0.717, 1.165) is 0 Å². The van der Waals surface area contributed by atoms with Crippen LogP contribution in [0.25, 0.3) is 0 Å². The third kappa shape index (κ3) is 0.616.